The number of anilines is 1. The summed E-state index contributed by atoms with van der Waals surface area (Å²) < 4.78 is 27.3. The van der Waals surface area contributed by atoms with E-state index in [0.29, 0.717) is 19.5 Å². The van der Waals surface area contributed by atoms with Crippen molar-refractivity contribution in [1.29, 1.82) is 0 Å². The summed E-state index contributed by atoms with van der Waals surface area (Å²) in [6, 6.07) is 1.54. The number of benzene rings is 1. The van der Waals surface area contributed by atoms with Crippen LogP contribution >= 0.6 is 0 Å². The molecular weight excluding hydrogens is 468 g/mol. The van der Waals surface area contributed by atoms with Gasteiger partial charge in [-0.1, -0.05) is 12.1 Å². The van der Waals surface area contributed by atoms with E-state index in [1.165, 1.54) is 23.1 Å². The fourth-order valence-electron chi connectivity index (χ4n) is 5.76. The van der Waals surface area contributed by atoms with Gasteiger partial charge < -0.3 is 15.3 Å². The average molecular weight is 505 g/mol. The van der Waals surface area contributed by atoms with Crippen molar-refractivity contribution in [2.24, 2.45) is 0 Å². The second-order valence-corrected chi connectivity index (χ2v) is 11.8. The maximum atomic E-state index is 12.7. The minimum atomic E-state index is -3.95. The number of sulfonamides is 1. The molecule has 1 unspecified atom stereocenters. The predicted octanol–water partition coefficient (Wildman–Crippen LogP) is 3.48. The van der Waals surface area contributed by atoms with Gasteiger partial charge in [0.2, 0.25) is 0 Å². The number of carboxylic acid groups (broad SMARTS) is 1. The molecule has 0 saturated carbocycles. The maximum Gasteiger partial charge on any atom is 0.407 e. The van der Waals surface area contributed by atoms with E-state index in [-0.39, 0.29) is 5.54 Å². The first kappa shape index (κ1) is 25.5. The van der Waals surface area contributed by atoms with E-state index in [9.17, 15) is 18.0 Å². The summed E-state index contributed by atoms with van der Waals surface area (Å²) in [6.45, 7) is 3.89. The van der Waals surface area contributed by atoms with Crippen LogP contribution in [0.5, 0.6) is 0 Å². The Bertz CT molecular complexity index is 1100. The lowest BCUT2D eigenvalue weighted by molar-refractivity contribution is 0.124. The average Bonchev–Trinajstić information content (AvgIpc) is 3.51. The molecule has 2 aliphatic carbocycles. The van der Waals surface area contributed by atoms with Gasteiger partial charge in [0.1, 0.15) is 0 Å². The number of nitrogens with zero attached hydrogens (tertiary/aromatic N) is 2. The molecule has 3 aliphatic rings. The molecule has 35 heavy (non-hydrogen) atoms. The summed E-state index contributed by atoms with van der Waals surface area (Å²) in [5, 5.41) is 13.0. The van der Waals surface area contributed by atoms with Crippen LogP contribution in [0.15, 0.2) is 17.6 Å². The van der Waals surface area contributed by atoms with E-state index < -0.39 is 22.1 Å². The van der Waals surface area contributed by atoms with E-state index >= 15 is 0 Å². The van der Waals surface area contributed by atoms with Crippen LogP contribution in [-0.4, -0.2) is 67.7 Å². The molecule has 1 atom stereocenters. The van der Waals surface area contributed by atoms with Gasteiger partial charge >= 0.3 is 12.1 Å². The molecule has 1 saturated heterocycles. The first-order chi connectivity index (χ1) is 16.6. The van der Waals surface area contributed by atoms with E-state index in [1.807, 2.05) is 0 Å². The molecule has 192 valence electrons. The Labute approximate surface area is 207 Å². The lowest BCUT2D eigenvalue weighted by atomic mass is 9.94. The van der Waals surface area contributed by atoms with E-state index in [0.717, 1.165) is 80.1 Å². The highest BCUT2D eigenvalue weighted by molar-refractivity contribution is 7.92. The fraction of sp³-hybridized carbons (Fsp3) is 0.600. The van der Waals surface area contributed by atoms with Crippen molar-refractivity contribution in [3.63, 3.8) is 0 Å². The van der Waals surface area contributed by atoms with Crippen LogP contribution in [0.2, 0.25) is 0 Å². The lowest BCUT2D eigenvalue weighted by Gasteiger charge is -2.35. The number of aryl methyl sites for hydroxylation is 2. The molecule has 0 spiro atoms. The fourth-order valence-corrected chi connectivity index (χ4v) is 6.48. The number of hydrogen-bond acceptors (Lipinski definition) is 5. The number of fused-ring (bicyclic) bond motifs is 2. The van der Waals surface area contributed by atoms with Crippen LogP contribution in [0, 0.1) is 0 Å². The van der Waals surface area contributed by atoms with E-state index in [2.05, 4.69) is 27.9 Å². The van der Waals surface area contributed by atoms with Gasteiger partial charge in [-0.25, -0.2) is 22.7 Å². The first-order valence-electron chi connectivity index (χ1n) is 12.4. The predicted molar refractivity (Wildman–Crippen MR) is 135 cm³/mol. The van der Waals surface area contributed by atoms with Gasteiger partial charge in [0.25, 0.3) is 10.0 Å². The largest absolute Gasteiger partial charge is 0.465 e. The van der Waals surface area contributed by atoms with Crippen LogP contribution < -0.4 is 10.0 Å². The molecule has 0 bridgehead atoms. The molecule has 0 aromatic heterocycles. The molecule has 0 radical (unpaired) electrons. The van der Waals surface area contributed by atoms with Crippen LogP contribution in [0.4, 0.5) is 15.3 Å². The van der Waals surface area contributed by atoms with Gasteiger partial charge in [-0.3, -0.25) is 4.90 Å². The maximum absolute atomic E-state index is 12.7. The number of carbonyl (C=O) groups is 2. The summed E-state index contributed by atoms with van der Waals surface area (Å²) >= 11 is 0. The number of likely N-dealkylation sites (tertiary alicyclic amines) is 1. The molecule has 3 amide bonds. The summed E-state index contributed by atoms with van der Waals surface area (Å²) in [6.07, 6.45) is 8.91. The summed E-state index contributed by atoms with van der Waals surface area (Å²) in [7, 11) is -2.41. The normalized spacial score (nSPS) is 21.8. The highest BCUT2D eigenvalue weighted by atomic mass is 32.2. The van der Waals surface area contributed by atoms with Crippen molar-refractivity contribution >= 4 is 27.8 Å². The number of carbonyl (C=O) groups excluding carboxylic acids is 1. The molecule has 9 nitrogen and oxygen atoms in total. The van der Waals surface area contributed by atoms with Crippen molar-refractivity contribution < 1.29 is 23.1 Å². The van der Waals surface area contributed by atoms with Crippen molar-refractivity contribution in [1.82, 2.24) is 14.5 Å². The van der Waals surface area contributed by atoms with Gasteiger partial charge in [-0.15, -0.1) is 0 Å². The van der Waals surface area contributed by atoms with Gasteiger partial charge in [0.15, 0.2) is 0 Å². The van der Waals surface area contributed by atoms with Gasteiger partial charge in [0.05, 0.1) is 0 Å². The van der Waals surface area contributed by atoms with Crippen molar-refractivity contribution in [3.05, 3.63) is 39.8 Å². The molecule has 3 N–H and O–H groups in total. The summed E-state index contributed by atoms with van der Waals surface area (Å²) in [4.78, 5) is 27.2. The first-order valence-corrected chi connectivity index (χ1v) is 14.0. The highest BCUT2D eigenvalue weighted by Crippen LogP contribution is 2.38. The zero-order valence-electron chi connectivity index (χ0n) is 20.6. The molecule has 1 heterocycles. The third kappa shape index (κ3) is 5.81. The van der Waals surface area contributed by atoms with Crippen LogP contribution in [0.3, 0.4) is 0 Å². The van der Waals surface area contributed by atoms with E-state index in [4.69, 9.17) is 5.11 Å². The van der Waals surface area contributed by atoms with E-state index in [1.54, 1.807) is 6.08 Å². The smallest absolute Gasteiger partial charge is 0.407 e. The summed E-state index contributed by atoms with van der Waals surface area (Å²) in [5.74, 6) is 0. The zero-order chi connectivity index (χ0) is 25.2. The van der Waals surface area contributed by atoms with Gasteiger partial charge in [-0.05, 0) is 93.5 Å². The third-order valence-corrected chi connectivity index (χ3v) is 8.74. The molecule has 1 aliphatic heterocycles. The number of urea groups is 1. The minimum Gasteiger partial charge on any atom is -0.465 e. The Balaban J connectivity index is 1.36. The second-order valence-electron chi connectivity index (χ2n) is 10.2. The SMILES string of the molecule is CN(CCN1CCCC1(C)CC=CS(=O)(=O)NC(=O)Nc1c2c(cc3c1CCC3)CCC2)C(=O)O. The molecule has 1 aromatic carbocycles. The Morgan fingerprint density at radius 3 is 2.43 bits per heavy atom. The molecule has 1 fully saturated rings. The quantitative estimate of drug-likeness (QED) is 0.499. The van der Waals surface area contributed by atoms with Gasteiger partial charge in [-0.2, -0.15) is 0 Å². The van der Waals surface area contributed by atoms with Crippen molar-refractivity contribution in [2.45, 2.75) is 70.3 Å². The number of hydrogen-bond donors (Lipinski definition) is 3. The molecular formula is C25H36N4O5S. The highest BCUT2D eigenvalue weighted by Gasteiger charge is 2.35. The standard InChI is InChI=1S/C25H36N4O5S/c1-25(11-5-13-29(25)15-14-28(2)24(31)32)12-6-16-35(33,34)27-23(30)26-22-20-9-3-7-18(20)17-19-8-4-10-21(19)22/h6,16-17H,3-5,7-15H2,1-2H3,(H,31,32)(H2,26,27,30). The lowest BCUT2D eigenvalue weighted by Crippen LogP contribution is -2.45. The second kappa shape index (κ2) is 10.2. The Morgan fingerprint density at radius 1 is 1.14 bits per heavy atom. The van der Waals surface area contributed by atoms with Crippen LogP contribution in [0.1, 0.15) is 61.3 Å². The topological polar surface area (TPSA) is 119 Å². The number of likely N-dealkylation sites (N-methyl/N-ethyl adjacent to an activating group) is 1. The Morgan fingerprint density at radius 2 is 1.80 bits per heavy atom. The zero-order valence-corrected chi connectivity index (χ0v) is 21.4. The number of nitrogens with one attached hydrogen (secondary N) is 2. The van der Waals surface area contributed by atoms with Crippen molar-refractivity contribution in [2.75, 3.05) is 32.0 Å². The molecule has 4 rings (SSSR count). The molecule has 10 heteroatoms. The van der Waals surface area contributed by atoms with Gasteiger partial charge in [0, 0.05) is 36.8 Å². The molecule has 1 aromatic rings. The monoisotopic (exact) mass is 504 g/mol. The van der Waals surface area contributed by atoms with Crippen LogP contribution in [0.25, 0.3) is 0 Å². The number of rotatable bonds is 8. The minimum absolute atomic E-state index is 0.251. The summed E-state index contributed by atoms with van der Waals surface area (Å²) in [5.41, 5.74) is 5.40. The Hall–Kier alpha value is -2.59. The third-order valence-electron chi connectivity index (χ3n) is 7.72. The Kier molecular flexibility index (Phi) is 7.42. The van der Waals surface area contributed by atoms with Crippen molar-refractivity contribution in [3.8, 4) is 0 Å². The number of amides is 3. The van der Waals surface area contributed by atoms with Crippen LogP contribution in [-0.2, 0) is 35.7 Å².